The molecule has 0 bridgehead atoms. The molecule has 1 heterocycles. The zero-order valence-corrected chi connectivity index (χ0v) is 15.8. The minimum absolute atomic E-state index is 0.0754. The second-order valence-corrected chi connectivity index (χ2v) is 7.97. The van der Waals surface area contributed by atoms with Gasteiger partial charge < -0.3 is 5.32 Å². The summed E-state index contributed by atoms with van der Waals surface area (Å²) >= 11 is 1.10. The first kappa shape index (κ1) is 18.6. The van der Waals surface area contributed by atoms with Gasteiger partial charge in [-0.2, -0.15) is 0 Å². The molecule has 5 nitrogen and oxygen atoms in total. The van der Waals surface area contributed by atoms with Crippen LogP contribution in [0.2, 0.25) is 0 Å². The zero-order valence-electron chi connectivity index (χ0n) is 15.0. The van der Waals surface area contributed by atoms with Crippen LogP contribution >= 0.6 is 11.8 Å². The standard InChI is InChI=1S/C20H17F2N3O2S/c1-11(18(26)24-17-14(21)6-4-7-15(17)22)28-20-23-16-8-3-2-5-13(16)19(27)25(20)12-9-10-12/h2-8,11-12H,9-10H2,1H3,(H,24,26)/t11-/m0/s1. The van der Waals surface area contributed by atoms with Crippen LogP contribution in [0.15, 0.2) is 52.4 Å². The number of nitrogens with one attached hydrogen (secondary N) is 1. The van der Waals surface area contributed by atoms with Crippen molar-refractivity contribution in [1.29, 1.82) is 0 Å². The molecule has 1 aliphatic rings. The Hall–Kier alpha value is -2.74. The Morgan fingerprint density at radius 3 is 2.54 bits per heavy atom. The maximum absolute atomic E-state index is 13.8. The predicted octanol–water partition coefficient (Wildman–Crippen LogP) is 4.13. The minimum atomic E-state index is -0.843. The lowest BCUT2D eigenvalue weighted by Crippen LogP contribution is -2.27. The summed E-state index contributed by atoms with van der Waals surface area (Å²) in [5.74, 6) is -2.26. The second kappa shape index (κ2) is 7.35. The second-order valence-electron chi connectivity index (χ2n) is 6.66. The van der Waals surface area contributed by atoms with E-state index >= 15 is 0 Å². The van der Waals surface area contributed by atoms with Gasteiger partial charge >= 0.3 is 0 Å². The third kappa shape index (κ3) is 3.52. The van der Waals surface area contributed by atoms with E-state index in [1.165, 1.54) is 6.07 Å². The van der Waals surface area contributed by atoms with Crippen molar-refractivity contribution < 1.29 is 13.6 Å². The number of para-hydroxylation sites is 2. The van der Waals surface area contributed by atoms with Crippen molar-refractivity contribution in [3.63, 3.8) is 0 Å². The molecule has 1 amide bonds. The van der Waals surface area contributed by atoms with Gasteiger partial charge in [0.05, 0.1) is 16.2 Å². The van der Waals surface area contributed by atoms with E-state index in [9.17, 15) is 18.4 Å². The molecular formula is C20H17F2N3O2S. The largest absolute Gasteiger partial charge is 0.320 e. The van der Waals surface area contributed by atoms with Crippen LogP contribution in [0, 0.1) is 11.6 Å². The van der Waals surface area contributed by atoms with Gasteiger partial charge in [0.2, 0.25) is 5.91 Å². The topological polar surface area (TPSA) is 64.0 Å². The average molecular weight is 401 g/mol. The van der Waals surface area contributed by atoms with Crippen molar-refractivity contribution in [2.24, 2.45) is 0 Å². The lowest BCUT2D eigenvalue weighted by Gasteiger charge is -2.16. The first-order valence-electron chi connectivity index (χ1n) is 8.88. The van der Waals surface area contributed by atoms with E-state index in [1.54, 1.807) is 35.8 Å². The predicted molar refractivity (Wildman–Crippen MR) is 105 cm³/mol. The number of hydrogen-bond donors (Lipinski definition) is 1. The van der Waals surface area contributed by atoms with Gasteiger partial charge in [-0.1, -0.05) is 30.0 Å². The van der Waals surface area contributed by atoms with Crippen LogP contribution in [-0.4, -0.2) is 20.7 Å². The lowest BCUT2D eigenvalue weighted by molar-refractivity contribution is -0.115. The van der Waals surface area contributed by atoms with Crippen molar-refractivity contribution in [2.75, 3.05) is 5.32 Å². The highest BCUT2D eigenvalue weighted by Gasteiger charge is 2.30. The number of rotatable bonds is 5. The van der Waals surface area contributed by atoms with Gasteiger partial charge in [-0.05, 0) is 44.0 Å². The van der Waals surface area contributed by atoms with Crippen molar-refractivity contribution in [3.8, 4) is 0 Å². The highest BCUT2D eigenvalue weighted by Crippen LogP contribution is 2.37. The summed E-state index contributed by atoms with van der Waals surface area (Å²) in [5.41, 5.74) is -0.0611. The number of fused-ring (bicyclic) bond motifs is 1. The minimum Gasteiger partial charge on any atom is -0.320 e. The molecule has 28 heavy (non-hydrogen) atoms. The van der Waals surface area contributed by atoms with Gasteiger partial charge in [-0.25, -0.2) is 13.8 Å². The number of amides is 1. The third-order valence-electron chi connectivity index (χ3n) is 4.55. The molecule has 8 heteroatoms. The van der Waals surface area contributed by atoms with Gasteiger partial charge in [0.1, 0.15) is 17.3 Å². The molecule has 0 aliphatic heterocycles. The molecule has 2 aromatic carbocycles. The number of thioether (sulfide) groups is 1. The summed E-state index contributed by atoms with van der Waals surface area (Å²) in [7, 11) is 0. The maximum atomic E-state index is 13.8. The monoisotopic (exact) mass is 401 g/mol. The van der Waals surface area contributed by atoms with E-state index in [4.69, 9.17) is 0 Å². The summed E-state index contributed by atoms with van der Waals surface area (Å²) in [6, 6.07) is 10.5. The van der Waals surface area contributed by atoms with Gasteiger partial charge in [0.25, 0.3) is 5.56 Å². The first-order valence-corrected chi connectivity index (χ1v) is 9.76. The van der Waals surface area contributed by atoms with Gasteiger partial charge in [-0.15, -0.1) is 0 Å². The number of benzene rings is 2. The van der Waals surface area contributed by atoms with Crippen LogP contribution in [0.25, 0.3) is 10.9 Å². The van der Waals surface area contributed by atoms with Gasteiger partial charge in [0, 0.05) is 6.04 Å². The van der Waals surface area contributed by atoms with Crippen LogP contribution in [-0.2, 0) is 4.79 Å². The van der Waals surface area contributed by atoms with E-state index < -0.39 is 28.5 Å². The lowest BCUT2D eigenvalue weighted by atomic mass is 10.2. The summed E-state index contributed by atoms with van der Waals surface area (Å²) in [6.07, 6.45) is 1.77. The van der Waals surface area contributed by atoms with Gasteiger partial charge in [0.15, 0.2) is 5.16 Å². The van der Waals surface area contributed by atoms with Crippen LogP contribution in [0.1, 0.15) is 25.8 Å². The fourth-order valence-corrected chi connectivity index (χ4v) is 3.90. The molecular weight excluding hydrogens is 384 g/mol. The molecule has 3 aromatic rings. The molecule has 144 valence electrons. The number of nitrogens with zero attached hydrogens (tertiary/aromatic N) is 2. The van der Waals surface area contributed by atoms with Crippen molar-refractivity contribution in [3.05, 3.63) is 64.5 Å². The molecule has 0 spiro atoms. The van der Waals surface area contributed by atoms with E-state index in [2.05, 4.69) is 10.3 Å². The molecule has 1 aliphatic carbocycles. The van der Waals surface area contributed by atoms with E-state index in [1.807, 2.05) is 0 Å². The van der Waals surface area contributed by atoms with Crippen LogP contribution in [0.3, 0.4) is 0 Å². The molecule has 1 N–H and O–H groups in total. The normalized spacial score (nSPS) is 14.8. The Bertz CT molecular complexity index is 1110. The van der Waals surface area contributed by atoms with E-state index in [-0.39, 0.29) is 11.6 Å². The Morgan fingerprint density at radius 1 is 1.18 bits per heavy atom. The van der Waals surface area contributed by atoms with Gasteiger partial charge in [-0.3, -0.25) is 14.2 Å². The first-order chi connectivity index (χ1) is 13.5. The summed E-state index contributed by atoms with van der Waals surface area (Å²) < 4.78 is 29.2. The summed E-state index contributed by atoms with van der Waals surface area (Å²) in [4.78, 5) is 29.9. The molecule has 4 rings (SSSR count). The Kier molecular flexibility index (Phi) is 4.89. The smallest absolute Gasteiger partial charge is 0.262 e. The molecule has 1 fully saturated rings. The zero-order chi connectivity index (χ0) is 19.8. The number of aromatic nitrogens is 2. The van der Waals surface area contributed by atoms with Crippen molar-refractivity contribution in [1.82, 2.24) is 9.55 Å². The number of anilines is 1. The summed E-state index contributed by atoms with van der Waals surface area (Å²) in [6.45, 7) is 1.61. The molecule has 1 aromatic heterocycles. The van der Waals surface area contributed by atoms with Crippen LogP contribution in [0.4, 0.5) is 14.5 Å². The number of carbonyl (C=O) groups is 1. The molecule has 0 unspecified atom stereocenters. The van der Waals surface area contributed by atoms with E-state index in [0.29, 0.717) is 16.1 Å². The quantitative estimate of drug-likeness (QED) is 0.516. The van der Waals surface area contributed by atoms with Crippen LogP contribution in [0.5, 0.6) is 0 Å². The van der Waals surface area contributed by atoms with E-state index in [0.717, 1.165) is 36.7 Å². The number of halogens is 2. The third-order valence-corrected chi connectivity index (χ3v) is 5.62. The Morgan fingerprint density at radius 2 is 1.86 bits per heavy atom. The number of carbonyl (C=O) groups excluding carboxylic acids is 1. The SMILES string of the molecule is C[C@H](Sc1nc2ccccc2c(=O)n1C1CC1)C(=O)Nc1c(F)cccc1F. The average Bonchev–Trinajstić information content (AvgIpc) is 3.50. The maximum Gasteiger partial charge on any atom is 0.262 e. The fourth-order valence-electron chi connectivity index (χ4n) is 2.92. The Labute approximate surface area is 163 Å². The van der Waals surface area contributed by atoms with Crippen LogP contribution < -0.4 is 10.9 Å². The summed E-state index contributed by atoms with van der Waals surface area (Å²) in [5, 5.41) is 2.54. The molecule has 1 atom stereocenters. The molecule has 0 saturated heterocycles. The Balaban J connectivity index is 1.63. The highest BCUT2D eigenvalue weighted by atomic mass is 32.2. The van der Waals surface area contributed by atoms with Crippen molar-refractivity contribution in [2.45, 2.75) is 36.2 Å². The molecule has 0 radical (unpaired) electrons. The number of hydrogen-bond acceptors (Lipinski definition) is 4. The molecule has 1 saturated carbocycles. The highest BCUT2D eigenvalue weighted by molar-refractivity contribution is 8.00. The van der Waals surface area contributed by atoms with Crippen molar-refractivity contribution >= 4 is 34.3 Å². The fraction of sp³-hybridized carbons (Fsp3) is 0.250.